The zero-order valence-electron chi connectivity index (χ0n) is 12.0. The van der Waals surface area contributed by atoms with Gasteiger partial charge in [0, 0.05) is 29.7 Å². The number of hydrogen-bond acceptors (Lipinski definition) is 3. The summed E-state index contributed by atoms with van der Waals surface area (Å²) in [6.45, 7) is 4.12. The minimum Gasteiger partial charge on any atom is -0.490 e. The highest BCUT2D eigenvalue weighted by Crippen LogP contribution is 2.32. The van der Waals surface area contributed by atoms with E-state index in [-0.39, 0.29) is 0 Å². The van der Waals surface area contributed by atoms with Gasteiger partial charge in [0.05, 0.1) is 13.2 Å². The highest BCUT2D eigenvalue weighted by atomic mass is 35.5. The molecule has 3 rings (SSSR count). The van der Waals surface area contributed by atoms with E-state index in [2.05, 4.69) is 11.4 Å². The van der Waals surface area contributed by atoms with E-state index < -0.39 is 0 Å². The number of fused-ring (bicyclic) bond motifs is 1. The number of benzene rings is 2. The minimum atomic E-state index is 0.679. The van der Waals surface area contributed by atoms with Gasteiger partial charge in [0.15, 0.2) is 11.5 Å². The molecular weight excluding hydrogens is 286 g/mol. The van der Waals surface area contributed by atoms with Gasteiger partial charge in [0.2, 0.25) is 0 Å². The van der Waals surface area contributed by atoms with Crippen LogP contribution in [0.5, 0.6) is 11.5 Å². The van der Waals surface area contributed by atoms with Crippen LogP contribution in [-0.2, 0) is 6.54 Å². The minimum absolute atomic E-state index is 0.679. The second-order valence-corrected chi connectivity index (χ2v) is 5.57. The third-order valence-electron chi connectivity index (χ3n) is 3.44. The molecule has 110 valence electrons. The van der Waals surface area contributed by atoms with Crippen molar-refractivity contribution in [2.24, 2.45) is 0 Å². The van der Waals surface area contributed by atoms with Crippen LogP contribution in [0.15, 0.2) is 36.4 Å². The van der Waals surface area contributed by atoms with Crippen LogP contribution in [0.1, 0.15) is 17.5 Å². The summed E-state index contributed by atoms with van der Waals surface area (Å²) in [5.41, 5.74) is 3.24. The van der Waals surface area contributed by atoms with Gasteiger partial charge in [0.1, 0.15) is 0 Å². The quantitative estimate of drug-likeness (QED) is 0.910. The fraction of sp³-hybridized carbons (Fsp3) is 0.294. The maximum atomic E-state index is 6.25. The number of halogens is 1. The lowest BCUT2D eigenvalue weighted by Crippen LogP contribution is -2.01. The van der Waals surface area contributed by atoms with E-state index in [1.165, 1.54) is 5.56 Å². The Bertz CT molecular complexity index is 643. The predicted octanol–water partition coefficient (Wildman–Crippen LogP) is 4.42. The molecule has 0 bridgehead atoms. The topological polar surface area (TPSA) is 30.5 Å². The second-order valence-electron chi connectivity index (χ2n) is 5.16. The highest BCUT2D eigenvalue weighted by Gasteiger charge is 2.10. The van der Waals surface area contributed by atoms with E-state index in [0.717, 1.165) is 34.2 Å². The number of hydrogen-bond donors (Lipinski definition) is 1. The molecule has 0 atom stereocenters. The number of nitrogens with one attached hydrogen (secondary N) is 1. The number of aryl methyl sites for hydroxylation is 1. The molecule has 0 amide bonds. The first-order valence-electron chi connectivity index (χ1n) is 7.11. The van der Waals surface area contributed by atoms with Crippen molar-refractivity contribution >= 4 is 17.3 Å². The Hall–Kier alpha value is -1.87. The van der Waals surface area contributed by atoms with Gasteiger partial charge in [0.25, 0.3) is 0 Å². The van der Waals surface area contributed by atoms with E-state index in [1.54, 1.807) is 0 Å². The van der Waals surface area contributed by atoms with Crippen LogP contribution in [0.4, 0.5) is 5.69 Å². The van der Waals surface area contributed by atoms with Gasteiger partial charge in [-0.25, -0.2) is 0 Å². The zero-order valence-corrected chi connectivity index (χ0v) is 12.7. The lowest BCUT2D eigenvalue weighted by molar-refractivity contribution is 0.297. The van der Waals surface area contributed by atoms with Crippen LogP contribution >= 0.6 is 11.6 Å². The Balaban J connectivity index is 1.72. The molecule has 3 nitrogen and oxygen atoms in total. The van der Waals surface area contributed by atoms with Crippen LogP contribution in [-0.4, -0.2) is 13.2 Å². The standard InChI is InChI=1S/C17H18ClNO2/c1-12-3-4-13(15(18)9-12)11-19-14-5-6-16-17(10-14)21-8-2-7-20-16/h3-6,9-10,19H,2,7-8,11H2,1H3. The third-order valence-corrected chi connectivity index (χ3v) is 3.79. The third kappa shape index (κ3) is 3.42. The number of anilines is 1. The molecule has 1 aliphatic rings. The van der Waals surface area contributed by atoms with E-state index in [1.807, 2.05) is 37.3 Å². The van der Waals surface area contributed by atoms with Crippen molar-refractivity contribution in [1.29, 1.82) is 0 Å². The van der Waals surface area contributed by atoms with Gasteiger partial charge in [-0.15, -0.1) is 0 Å². The molecule has 2 aromatic carbocycles. The largest absolute Gasteiger partial charge is 0.490 e. The molecule has 0 aromatic heterocycles. The van der Waals surface area contributed by atoms with E-state index in [9.17, 15) is 0 Å². The van der Waals surface area contributed by atoms with Crippen LogP contribution in [0.3, 0.4) is 0 Å². The van der Waals surface area contributed by atoms with Crippen molar-refractivity contribution in [2.75, 3.05) is 18.5 Å². The molecule has 0 saturated carbocycles. The molecule has 0 spiro atoms. The maximum absolute atomic E-state index is 6.25. The summed E-state index contributed by atoms with van der Waals surface area (Å²) in [6, 6.07) is 12.0. The van der Waals surface area contributed by atoms with Crippen molar-refractivity contribution in [2.45, 2.75) is 19.9 Å². The Kier molecular flexibility index (Phi) is 4.20. The Morgan fingerprint density at radius 3 is 2.67 bits per heavy atom. The van der Waals surface area contributed by atoms with Crippen LogP contribution in [0, 0.1) is 6.92 Å². The molecule has 1 N–H and O–H groups in total. The molecule has 21 heavy (non-hydrogen) atoms. The average Bonchev–Trinajstić information content (AvgIpc) is 2.71. The molecule has 2 aromatic rings. The monoisotopic (exact) mass is 303 g/mol. The molecule has 4 heteroatoms. The van der Waals surface area contributed by atoms with E-state index >= 15 is 0 Å². The molecular formula is C17H18ClNO2. The van der Waals surface area contributed by atoms with Gasteiger partial charge in [-0.3, -0.25) is 0 Å². The summed E-state index contributed by atoms with van der Waals surface area (Å²) < 4.78 is 11.3. The predicted molar refractivity (Wildman–Crippen MR) is 85.6 cm³/mol. The summed E-state index contributed by atoms with van der Waals surface area (Å²) in [5.74, 6) is 1.61. The van der Waals surface area contributed by atoms with Gasteiger partial charge in [-0.1, -0.05) is 23.7 Å². The van der Waals surface area contributed by atoms with E-state index in [0.29, 0.717) is 19.8 Å². The summed E-state index contributed by atoms with van der Waals surface area (Å²) in [6.07, 6.45) is 0.913. The van der Waals surface area contributed by atoms with Gasteiger partial charge < -0.3 is 14.8 Å². The summed E-state index contributed by atoms with van der Waals surface area (Å²) in [7, 11) is 0. The average molecular weight is 304 g/mol. The summed E-state index contributed by atoms with van der Waals surface area (Å²) in [4.78, 5) is 0. The number of rotatable bonds is 3. The molecule has 0 saturated heterocycles. The van der Waals surface area contributed by atoms with Crippen molar-refractivity contribution in [3.63, 3.8) is 0 Å². The summed E-state index contributed by atoms with van der Waals surface area (Å²) >= 11 is 6.25. The highest BCUT2D eigenvalue weighted by molar-refractivity contribution is 6.31. The zero-order chi connectivity index (χ0) is 14.7. The van der Waals surface area contributed by atoms with Crippen molar-refractivity contribution in [1.82, 2.24) is 0 Å². The van der Waals surface area contributed by atoms with Crippen molar-refractivity contribution < 1.29 is 9.47 Å². The first-order chi connectivity index (χ1) is 10.2. The van der Waals surface area contributed by atoms with Gasteiger partial charge in [-0.2, -0.15) is 0 Å². The smallest absolute Gasteiger partial charge is 0.163 e. The fourth-order valence-electron chi connectivity index (χ4n) is 2.27. The van der Waals surface area contributed by atoms with Crippen molar-refractivity contribution in [3.05, 3.63) is 52.5 Å². The Morgan fingerprint density at radius 1 is 1.05 bits per heavy atom. The fourth-order valence-corrected chi connectivity index (χ4v) is 2.57. The van der Waals surface area contributed by atoms with Crippen LogP contribution in [0.2, 0.25) is 5.02 Å². The first kappa shape index (κ1) is 14.1. The molecule has 0 radical (unpaired) electrons. The normalized spacial score (nSPS) is 13.6. The molecule has 0 unspecified atom stereocenters. The lowest BCUT2D eigenvalue weighted by Gasteiger charge is -2.12. The SMILES string of the molecule is Cc1ccc(CNc2ccc3c(c2)OCCCO3)c(Cl)c1. The first-order valence-corrected chi connectivity index (χ1v) is 7.49. The number of ether oxygens (including phenoxy) is 2. The Labute approximate surface area is 129 Å². The maximum Gasteiger partial charge on any atom is 0.163 e. The summed E-state index contributed by atoms with van der Waals surface area (Å²) in [5, 5.41) is 4.16. The van der Waals surface area contributed by atoms with E-state index in [4.69, 9.17) is 21.1 Å². The lowest BCUT2D eigenvalue weighted by atomic mass is 10.1. The molecule has 0 aliphatic carbocycles. The van der Waals surface area contributed by atoms with Crippen LogP contribution in [0.25, 0.3) is 0 Å². The molecule has 0 fully saturated rings. The van der Waals surface area contributed by atoms with Gasteiger partial charge >= 0.3 is 0 Å². The van der Waals surface area contributed by atoms with Crippen molar-refractivity contribution in [3.8, 4) is 11.5 Å². The second kappa shape index (κ2) is 6.27. The Morgan fingerprint density at radius 2 is 1.86 bits per heavy atom. The van der Waals surface area contributed by atoms with Gasteiger partial charge in [-0.05, 0) is 36.2 Å². The van der Waals surface area contributed by atoms with Crippen LogP contribution < -0.4 is 14.8 Å². The molecule has 1 aliphatic heterocycles. The molecule has 1 heterocycles.